The molecule has 0 aliphatic carbocycles. The van der Waals surface area contributed by atoms with E-state index in [4.69, 9.17) is 0 Å². The molecule has 0 bridgehead atoms. The molecule has 0 aromatic heterocycles. The van der Waals surface area contributed by atoms with Gasteiger partial charge in [0.1, 0.15) is 0 Å². The van der Waals surface area contributed by atoms with E-state index in [1.807, 2.05) is 47.4 Å². The number of amides is 2. The second-order valence-corrected chi connectivity index (χ2v) is 7.72. The Morgan fingerprint density at radius 2 is 1.53 bits per heavy atom. The van der Waals surface area contributed by atoms with Gasteiger partial charge in [-0.3, -0.25) is 14.4 Å². The molecule has 5 heteroatoms. The third-order valence-corrected chi connectivity index (χ3v) is 5.73. The van der Waals surface area contributed by atoms with Crippen LogP contribution in [0.1, 0.15) is 40.5 Å². The highest BCUT2D eigenvalue weighted by Crippen LogP contribution is 2.24. The van der Waals surface area contributed by atoms with Gasteiger partial charge in [-0.15, -0.1) is 0 Å². The largest absolute Gasteiger partial charge is 0.339 e. The van der Waals surface area contributed by atoms with Gasteiger partial charge in [-0.2, -0.15) is 0 Å². The predicted molar refractivity (Wildman–Crippen MR) is 118 cm³/mol. The molecule has 1 N–H and O–H groups in total. The Hall–Kier alpha value is -3.47. The number of Topliss-reactive ketones (excluding diaryl/α,β-unsaturated/α-hetero) is 1. The maximum atomic E-state index is 13.1. The summed E-state index contributed by atoms with van der Waals surface area (Å²) in [7, 11) is 0. The molecule has 0 unspecified atom stereocenters. The van der Waals surface area contributed by atoms with E-state index in [-0.39, 0.29) is 23.5 Å². The van der Waals surface area contributed by atoms with Crippen LogP contribution >= 0.6 is 0 Å². The van der Waals surface area contributed by atoms with Crippen molar-refractivity contribution >= 4 is 34.1 Å². The number of fused-ring (bicyclic) bond motifs is 1. The fourth-order valence-corrected chi connectivity index (χ4v) is 3.96. The molecule has 1 saturated heterocycles. The minimum atomic E-state index is -0.131. The number of nitrogens with zero attached hydrogens (tertiary/aromatic N) is 1. The smallest absolute Gasteiger partial charge is 0.254 e. The number of carbonyl (C=O) groups excluding carboxylic acids is 3. The van der Waals surface area contributed by atoms with Gasteiger partial charge in [0, 0.05) is 35.8 Å². The molecule has 2 amide bonds. The van der Waals surface area contributed by atoms with Gasteiger partial charge in [0.25, 0.3) is 5.91 Å². The second-order valence-electron chi connectivity index (χ2n) is 7.72. The Kier molecular flexibility index (Phi) is 5.61. The molecule has 0 radical (unpaired) electrons. The summed E-state index contributed by atoms with van der Waals surface area (Å²) in [6.45, 7) is 2.63. The first-order chi connectivity index (χ1) is 14.5. The molecular weight excluding hydrogens is 376 g/mol. The molecule has 30 heavy (non-hydrogen) atoms. The van der Waals surface area contributed by atoms with E-state index in [2.05, 4.69) is 5.32 Å². The molecule has 1 aliphatic rings. The number of piperidine rings is 1. The van der Waals surface area contributed by atoms with E-state index in [9.17, 15) is 14.4 Å². The van der Waals surface area contributed by atoms with Crippen molar-refractivity contribution in [3.05, 3.63) is 77.9 Å². The number of benzene rings is 3. The van der Waals surface area contributed by atoms with Gasteiger partial charge in [-0.25, -0.2) is 0 Å². The molecule has 4 rings (SSSR count). The highest BCUT2D eigenvalue weighted by Gasteiger charge is 2.28. The number of hydrogen-bond donors (Lipinski definition) is 1. The van der Waals surface area contributed by atoms with Gasteiger partial charge in [0.2, 0.25) is 5.91 Å². The zero-order valence-corrected chi connectivity index (χ0v) is 16.9. The molecule has 1 aliphatic heterocycles. The number of anilines is 1. The van der Waals surface area contributed by atoms with Crippen LogP contribution in [0.2, 0.25) is 0 Å². The maximum absolute atomic E-state index is 13.1. The van der Waals surface area contributed by atoms with Crippen molar-refractivity contribution in [1.29, 1.82) is 0 Å². The Labute approximate surface area is 175 Å². The Morgan fingerprint density at radius 3 is 2.23 bits per heavy atom. The third kappa shape index (κ3) is 4.10. The highest BCUT2D eigenvalue weighted by atomic mass is 16.2. The van der Waals surface area contributed by atoms with E-state index in [1.54, 1.807) is 24.3 Å². The standard InChI is InChI=1S/C25H24N2O3/c1-17(28)18-9-11-21(12-10-18)26-24(29)20-13-15-27(16-14-20)25(30)23-8-4-6-19-5-2-3-7-22(19)23/h2-12,20H,13-16H2,1H3,(H,26,29). The van der Waals surface area contributed by atoms with Crippen LogP contribution in [0.25, 0.3) is 10.8 Å². The lowest BCUT2D eigenvalue weighted by molar-refractivity contribution is -0.121. The van der Waals surface area contributed by atoms with Crippen molar-refractivity contribution in [2.75, 3.05) is 18.4 Å². The Balaban J connectivity index is 1.38. The number of hydrogen-bond acceptors (Lipinski definition) is 3. The summed E-state index contributed by atoms with van der Waals surface area (Å²) in [5.74, 6) is -0.154. The van der Waals surface area contributed by atoms with E-state index in [0.717, 1.165) is 10.8 Å². The first-order valence-corrected chi connectivity index (χ1v) is 10.2. The van der Waals surface area contributed by atoms with Crippen molar-refractivity contribution < 1.29 is 14.4 Å². The van der Waals surface area contributed by atoms with Crippen molar-refractivity contribution in [2.45, 2.75) is 19.8 Å². The third-order valence-electron chi connectivity index (χ3n) is 5.73. The molecule has 5 nitrogen and oxygen atoms in total. The summed E-state index contributed by atoms with van der Waals surface area (Å²) in [6.07, 6.45) is 1.27. The highest BCUT2D eigenvalue weighted by molar-refractivity contribution is 6.07. The number of nitrogens with one attached hydrogen (secondary N) is 1. The molecule has 1 heterocycles. The molecule has 0 saturated carbocycles. The van der Waals surface area contributed by atoms with E-state index in [1.165, 1.54) is 6.92 Å². The topological polar surface area (TPSA) is 66.5 Å². The number of carbonyl (C=O) groups is 3. The van der Waals surface area contributed by atoms with Gasteiger partial charge < -0.3 is 10.2 Å². The van der Waals surface area contributed by atoms with Crippen molar-refractivity contribution in [3.63, 3.8) is 0 Å². The molecule has 152 valence electrons. The first-order valence-electron chi connectivity index (χ1n) is 10.2. The zero-order valence-electron chi connectivity index (χ0n) is 16.9. The summed E-state index contributed by atoms with van der Waals surface area (Å²) in [5, 5.41) is 4.93. The summed E-state index contributed by atoms with van der Waals surface area (Å²) in [5.41, 5.74) is 2.01. The van der Waals surface area contributed by atoms with Crippen LogP contribution in [0.15, 0.2) is 66.7 Å². The molecule has 0 atom stereocenters. The minimum absolute atomic E-state index is 0.00360. The van der Waals surface area contributed by atoms with Crippen molar-refractivity contribution in [2.24, 2.45) is 5.92 Å². The van der Waals surface area contributed by atoms with Crippen LogP contribution in [-0.4, -0.2) is 35.6 Å². The molecule has 3 aromatic carbocycles. The predicted octanol–water partition coefficient (Wildman–Crippen LogP) is 4.53. The van der Waals surface area contributed by atoms with Gasteiger partial charge >= 0.3 is 0 Å². The van der Waals surface area contributed by atoms with Crippen LogP contribution in [-0.2, 0) is 4.79 Å². The fourth-order valence-electron chi connectivity index (χ4n) is 3.96. The lowest BCUT2D eigenvalue weighted by Crippen LogP contribution is -2.41. The summed E-state index contributed by atoms with van der Waals surface area (Å²) >= 11 is 0. The normalized spacial score (nSPS) is 14.5. The van der Waals surface area contributed by atoms with Crippen LogP contribution < -0.4 is 5.32 Å². The average Bonchev–Trinajstić information content (AvgIpc) is 2.78. The summed E-state index contributed by atoms with van der Waals surface area (Å²) < 4.78 is 0. The number of likely N-dealkylation sites (tertiary alicyclic amines) is 1. The average molecular weight is 400 g/mol. The minimum Gasteiger partial charge on any atom is -0.339 e. The van der Waals surface area contributed by atoms with Gasteiger partial charge in [-0.1, -0.05) is 36.4 Å². The fraction of sp³-hybridized carbons (Fsp3) is 0.240. The van der Waals surface area contributed by atoms with Crippen LogP contribution in [0.3, 0.4) is 0 Å². The summed E-state index contributed by atoms with van der Waals surface area (Å²) in [4.78, 5) is 38.9. The number of rotatable bonds is 4. The van der Waals surface area contributed by atoms with E-state index >= 15 is 0 Å². The summed E-state index contributed by atoms with van der Waals surface area (Å²) in [6, 6.07) is 20.6. The van der Waals surface area contributed by atoms with Crippen molar-refractivity contribution in [1.82, 2.24) is 4.90 Å². The molecular formula is C25H24N2O3. The molecule has 3 aromatic rings. The van der Waals surface area contributed by atoms with Crippen molar-refractivity contribution in [3.8, 4) is 0 Å². The second kappa shape index (κ2) is 8.49. The first kappa shape index (κ1) is 19.8. The van der Waals surface area contributed by atoms with Crippen LogP contribution in [0.4, 0.5) is 5.69 Å². The Bertz CT molecular complexity index is 1090. The zero-order chi connectivity index (χ0) is 21.1. The van der Waals surface area contributed by atoms with Gasteiger partial charge in [-0.05, 0) is 60.9 Å². The lowest BCUT2D eigenvalue weighted by atomic mass is 9.94. The molecule has 1 fully saturated rings. The SMILES string of the molecule is CC(=O)c1ccc(NC(=O)C2CCN(C(=O)c3cccc4ccccc34)CC2)cc1. The van der Waals surface area contributed by atoms with Gasteiger partial charge in [0.15, 0.2) is 5.78 Å². The van der Waals surface area contributed by atoms with Crippen LogP contribution in [0, 0.1) is 5.92 Å². The number of ketones is 1. The lowest BCUT2D eigenvalue weighted by Gasteiger charge is -2.31. The quantitative estimate of drug-likeness (QED) is 0.654. The monoisotopic (exact) mass is 400 g/mol. The maximum Gasteiger partial charge on any atom is 0.254 e. The van der Waals surface area contributed by atoms with E-state index < -0.39 is 0 Å². The van der Waals surface area contributed by atoms with E-state index in [0.29, 0.717) is 42.7 Å². The molecule has 0 spiro atoms. The Morgan fingerprint density at radius 1 is 0.867 bits per heavy atom. The van der Waals surface area contributed by atoms with Gasteiger partial charge in [0.05, 0.1) is 0 Å². The van der Waals surface area contributed by atoms with Crippen LogP contribution in [0.5, 0.6) is 0 Å².